The van der Waals surface area contributed by atoms with Gasteiger partial charge in [0.05, 0.1) is 18.2 Å². The van der Waals surface area contributed by atoms with Gasteiger partial charge < -0.3 is 19.1 Å². The molecule has 3 aromatic rings. The number of ether oxygens (including phenoxy) is 3. The molecule has 1 heterocycles. The Labute approximate surface area is 244 Å². The van der Waals surface area contributed by atoms with Gasteiger partial charge in [-0.1, -0.05) is 30.3 Å². The fourth-order valence-corrected chi connectivity index (χ4v) is 6.26. The Balaban J connectivity index is 1.52. The number of alkyl halides is 3. The molecule has 0 atom stereocenters. The number of methoxy groups -OCH3 is 3. The molecule has 2 aliphatic rings. The second-order valence-corrected chi connectivity index (χ2v) is 10.9. The Hall–Kier alpha value is -3.62. The molecule has 0 unspecified atom stereocenters. The number of anilines is 1. The zero-order valence-electron chi connectivity index (χ0n) is 24.2. The number of halogens is 3. The minimum absolute atomic E-state index is 0.194. The molecule has 222 valence electrons. The second-order valence-electron chi connectivity index (χ2n) is 10.9. The predicted octanol–water partition coefficient (Wildman–Crippen LogP) is 7.62. The highest BCUT2D eigenvalue weighted by atomic mass is 19.4. The van der Waals surface area contributed by atoms with E-state index in [-0.39, 0.29) is 6.29 Å². The number of hydrogen-bond acceptors (Lipinski definition) is 5. The average molecular weight is 580 g/mol. The SMILES string of the molecule is COC(=O)c1ccc2c(c1)CCCC(c1ccc(C(F)(F)F)cc1)=C2c1ccc(N2CCC(C(OC)OC)CC2)cc1. The molecule has 0 bridgehead atoms. The third-order valence-electron chi connectivity index (χ3n) is 8.44. The lowest BCUT2D eigenvalue weighted by Gasteiger charge is -2.36. The van der Waals surface area contributed by atoms with Crippen LogP contribution in [0.25, 0.3) is 11.1 Å². The molecule has 5 rings (SSSR count). The number of allylic oxidation sites excluding steroid dienone is 1. The lowest BCUT2D eigenvalue weighted by molar-refractivity contribution is -0.141. The maximum Gasteiger partial charge on any atom is 0.416 e. The van der Waals surface area contributed by atoms with Gasteiger partial charge in [-0.3, -0.25) is 0 Å². The van der Waals surface area contributed by atoms with Crippen molar-refractivity contribution in [1.29, 1.82) is 0 Å². The van der Waals surface area contributed by atoms with Crippen LogP contribution in [0.5, 0.6) is 0 Å². The van der Waals surface area contributed by atoms with Crippen LogP contribution in [0, 0.1) is 5.92 Å². The van der Waals surface area contributed by atoms with Gasteiger partial charge in [-0.05, 0) is 102 Å². The Bertz CT molecular complexity index is 1420. The smallest absolute Gasteiger partial charge is 0.416 e. The van der Waals surface area contributed by atoms with E-state index >= 15 is 0 Å². The van der Waals surface area contributed by atoms with Crippen LogP contribution >= 0.6 is 0 Å². The Morgan fingerprint density at radius 1 is 0.857 bits per heavy atom. The normalized spacial score (nSPS) is 16.4. The van der Waals surface area contributed by atoms with E-state index in [0.29, 0.717) is 17.9 Å². The first kappa shape index (κ1) is 29.9. The first-order chi connectivity index (χ1) is 20.2. The van der Waals surface area contributed by atoms with Gasteiger partial charge in [-0.15, -0.1) is 0 Å². The summed E-state index contributed by atoms with van der Waals surface area (Å²) in [6.07, 6.45) is -0.424. The van der Waals surface area contributed by atoms with Gasteiger partial charge in [-0.25, -0.2) is 4.79 Å². The lowest BCUT2D eigenvalue weighted by atomic mass is 9.87. The van der Waals surface area contributed by atoms with E-state index in [0.717, 1.165) is 90.0 Å². The highest BCUT2D eigenvalue weighted by molar-refractivity contribution is 6.01. The zero-order valence-corrected chi connectivity index (χ0v) is 24.2. The molecule has 0 N–H and O–H groups in total. The summed E-state index contributed by atoms with van der Waals surface area (Å²) < 4.78 is 55.8. The topological polar surface area (TPSA) is 48.0 Å². The highest BCUT2D eigenvalue weighted by Crippen LogP contribution is 2.41. The number of esters is 1. The summed E-state index contributed by atoms with van der Waals surface area (Å²) >= 11 is 0. The van der Waals surface area contributed by atoms with Crippen molar-refractivity contribution >= 4 is 22.8 Å². The number of fused-ring (bicyclic) bond motifs is 1. The molecule has 0 spiro atoms. The first-order valence-electron chi connectivity index (χ1n) is 14.3. The third kappa shape index (κ3) is 6.25. The lowest BCUT2D eigenvalue weighted by Crippen LogP contribution is -2.39. The minimum atomic E-state index is -4.39. The summed E-state index contributed by atoms with van der Waals surface area (Å²) in [5, 5.41) is 0. The summed E-state index contributed by atoms with van der Waals surface area (Å²) in [4.78, 5) is 14.6. The monoisotopic (exact) mass is 579 g/mol. The number of nitrogens with zero attached hydrogens (tertiary/aromatic N) is 1. The maximum atomic E-state index is 13.3. The fourth-order valence-electron chi connectivity index (χ4n) is 6.26. The van der Waals surface area contributed by atoms with E-state index in [1.165, 1.54) is 7.11 Å². The van der Waals surface area contributed by atoms with E-state index in [1.807, 2.05) is 12.1 Å². The van der Waals surface area contributed by atoms with Crippen molar-refractivity contribution in [3.63, 3.8) is 0 Å². The number of aryl methyl sites for hydroxylation is 1. The molecule has 0 radical (unpaired) electrons. The molecule has 5 nitrogen and oxygen atoms in total. The summed E-state index contributed by atoms with van der Waals surface area (Å²) in [5.41, 5.74) is 6.66. The van der Waals surface area contributed by atoms with Gasteiger partial charge in [0.15, 0.2) is 6.29 Å². The first-order valence-corrected chi connectivity index (χ1v) is 14.3. The Kier molecular flexibility index (Phi) is 9.04. The molecule has 0 amide bonds. The van der Waals surface area contributed by atoms with Crippen molar-refractivity contribution in [2.24, 2.45) is 5.92 Å². The van der Waals surface area contributed by atoms with Gasteiger partial charge in [0, 0.05) is 38.9 Å². The molecule has 1 aliphatic carbocycles. The summed E-state index contributed by atoms with van der Waals surface area (Å²) in [6.45, 7) is 1.79. The van der Waals surface area contributed by atoms with Crippen LogP contribution in [-0.2, 0) is 26.8 Å². The number of carbonyl (C=O) groups excluding carboxylic acids is 1. The summed E-state index contributed by atoms with van der Waals surface area (Å²) in [6, 6.07) is 19.4. The molecular weight excluding hydrogens is 543 g/mol. The molecule has 0 aromatic heterocycles. The molecule has 1 aliphatic heterocycles. The fraction of sp³-hybridized carbons (Fsp3) is 0.382. The van der Waals surface area contributed by atoms with E-state index < -0.39 is 17.7 Å². The molecule has 8 heteroatoms. The van der Waals surface area contributed by atoms with Crippen molar-refractivity contribution < 1.29 is 32.2 Å². The maximum absolute atomic E-state index is 13.3. The summed E-state index contributed by atoms with van der Waals surface area (Å²) in [5.74, 6) is -0.0460. The van der Waals surface area contributed by atoms with Crippen molar-refractivity contribution in [1.82, 2.24) is 0 Å². The average Bonchev–Trinajstić information content (AvgIpc) is 3.20. The number of benzene rings is 3. The molecule has 1 saturated heterocycles. The van der Waals surface area contributed by atoms with E-state index in [1.54, 1.807) is 32.4 Å². The van der Waals surface area contributed by atoms with Crippen LogP contribution in [0.1, 0.15) is 63.9 Å². The van der Waals surface area contributed by atoms with E-state index in [2.05, 4.69) is 29.2 Å². The third-order valence-corrected chi connectivity index (χ3v) is 8.44. The van der Waals surface area contributed by atoms with E-state index in [4.69, 9.17) is 14.2 Å². The molecule has 1 fully saturated rings. The molecule has 0 saturated carbocycles. The minimum Gasteiger partial charge on any atom is -0.465 e. The Morgan fingerprint density at radius 2 is 1.50 bits per heavy atom. The van der Waals surface area contributed by atoms with Crippen molar-refractivity contribution in [3.05, 3.63) is 100 Å². The van der Waals surface area contributed by atoms with Crippen LogP contribution < -0.4 is 4.90 Å². The van der Waals surface area contributed by atoms with Gasteiger partial charge in [-0.2, -0.15) is 13.2 Å². The number of hydrogen-bond donors (Lipinski definition) is 0. The molecule has 3 aromatic carbocycles. The van der Waals surface area contributed by atoms with Crippen LogP contribution in [0.2, 0.25) is 0 Å². The van der Waals surface area contributed by atoms with Gasteiger partial charge in [0.1, 0.15) is 0 Å². The van der Waals surface area contributed by atoms with Crippen LogP contribution in [0.4, 0.5) is 18.9 Å². The zero-order chi connectivity index (χ0) is 29.9. The second kappa shape index (κ2) is 12.7. The molecule has 42 heavy (non-hydrogen) atoms. The number of rotatable bonds is 7. The van der Waals surface area contributed by atoms with Gasteiger partial charge in [0.2, 0.25) is 0 Å². The number of piperidine rings is 1. The van der Waals surface area contributed by atoms with Crippen molar-refractivity contribution in [2.45, 2.75) is 44.6 Å². The van der Waals surface area contributed by atoms with Crippen LogP contribution in [0.3, 0.4) is 0 Å². The van der Waals surface area contributed by atoms with Gasteiger partial charge >= 0.3 is 12.1 Å². The van der Waals surface area contributed by atoms with Crippen molar-refractivity contribution in [3.8, 4) is 0 Å². The predicted molar refractivity (Wildman–Crippen MR) is 157 cm³/mol. The quantitative estimate of drug-likeness (QED) is 0.213. The highest BCUT2D eigenvalue weighted by Gasteiger charge is 2.31. The summed E-state index contributed by atoms with van der Waals surface area (Å²) in [7, 11) is 4.71. The largest absolute Gasteiger partial charge is 0.465 e. The standard InChI is InChI=1S/C34H36F3NO4/c1-40-32(39)26-11-16-30-25(21-26)5-4-6-29(22-7-12-27(13-8-22)34(35,36)37)31(30)23-9-14-28(15-10-23)38-19-17-24(18-20-38)33(41-2)42-3/h7-16,21,24,33H,4-6,17-20H2,1-3H3. The van der Waals surface area contributed by atoms with Gasteiger partial charge in [0.25, 0.3) is 0 Å². The number of carbonyl (C=O) groups is 1. The van der Waals surface area contributed by atoms with Crippen LogP contribution in [-0.4, -0.2) is 46.7 Å². The van der Waals surface area contributed by atoms with E-state index in [9.17, 15) is 18.0 Å². The van der Waals surface area contributed by atoms with Crippen molar-refractivity contribution in [2.75, 3.05) is 39.3 Å². The van der Waals surface area contributed by atoms with Crippen LogP contribution in [0.15, 0.2) is 66.7 Å². The molecular formula is C34H36F3NO4. The Morgan fingerprint density at radius 3 is 2.10 bits per heavy atom.